The summed E-state index contributed by atoms with van der Waals surface area (Å²) >= 11 is 1.29. The van der Waals surface area contributed by atoms with Crippen LogP contribution in [0.2, 0.25) is 0 Å². The number of nitrogen functional groups attached to an aromatic ring is 1. The molecule has 1 aromatic rings. The maximum absolute atomic E-state index is 11.9. The number of rotatable bonds is 3. The fraction of sp³-hybridized carbons (Fsp3) is 0.579. The van der Waals surface area contributed by atoms with Crippen molar-refractivity contribution in [3.8, 4) is 0 Å². The molecule has 0 spiro atoms. The van der Waals surface area contributed by atoms with Crippen LogP contribution in [0.5, 0.6) is 0 Å². The van der Waals surface area contributed by atoms with E-state index in [9.17, 15) is 4.79 Å². The molecule has 1 aromatic heterocycles. The molecule has 0 aliphatic carbocycles. The second-order valence-corrected chi connectivity index (χ2v) is 8.58. The highest BCUT2D eigenvalue weighted by Gasteiger charge is 2.33. The van der Waals surface area contributed by atoms with Gasteiger partial charge in [0.1, 0.15) is 15.4 Å². The topological polar surface area (TPSA) is 103 Å². The molecule has 4 heterocycles. The van der Waals surface area contributed by atoms with Crippen molar-refractivity contribution in [1.82, 2.24) is 4.90 Å². The van der Waals surface area contributed by atoms with Crippen LogP contribution in [0.25, 0.3) is 5.57 Å². The van der Waals surface area contributed by atoms with Crippen LogP contribution in [0.3, 0.4) is 0 Å². The second kappa shape index (κ2) is 6.92. The predicted octanol–water partition coefficient (Wildman–Crippen LogP) is 0.736. The molecule has 3 aliphatic heterocycles. The molecule has 8 heteroatoms. The summed E-state index contributed by atoms with van der Waals surface area (Å²) in [4.78, 5) is 19.5. The normalized spacial score (nSPS) is 25.6. The summed E-state index contributed by atoms with van der Waals surface area (Å²) in [7, 11) is 0. The summed E-state index contributed by atoms with van der Waals surface area (Å²) in [6.45, 7) is 7.79. The van der Waals surface area contributed by atoms with E-state index >= 15 is 0 Å². The molecule has 1 atom stereocenters. The van der Waals surface area contributed by atoms with Gasteiger partial charge in [-0.2, -0.15) is 0 Å². The molecule has 4 rings (SSSR count). The zero-order chi connectivity index (χ0) is 19.2. The number of ether oxygens (including phenoxy) is 2. The van der Waals surface area contributed by atoms with Gasteiger partial charge in [0.25, 0.3) is 5.91 Å². The molecule has 7 nitrogen and oxygen atoms in total. The van der Waals surface area contributed by atoms with Gasteiger partial charge >= 0.3 is 0 Å². The van der Waals surface area contributed by atoms with Gasteiger partial charge in [-0.1, -0.05) is 12.5 Å². The Kier molecular flexibility index (Phi) is 4.73. The first-order chi connectivity index (χ1) is 12.9. The Labute approximate surface area is 162 Å². The Balaban J connectivity index is 1.96. The lowest BCUT2D eigenvalue weighted by Crippen LogP contribution is -2.37. The number of nitrogens with zero attached hydrogens (tertiary/aromatic N) is 2. The van der Waals surface area contributed by atoms with E-state index in [1.54, 1.807) is 0 Å². The molecule has 1 amide bonds. The van der Waals surface area contributed by atoms with Crippen molar-refractivity contribution in [3.05, 3.63) is 26.2 Å². The van der Waals surface area contributed by atoms with Crippen molar-refractivity contribution < 1.29 is 14.3 Å². The molecule has 2 fully saturated rings. The summed E-state index contributed by atoms with van der Waals surface area (Å²) < 4.78 is 12.6. The molecular formula is C19H26N4O3S. The highest BCUT2D eigenvalue weighted by atomic mass is 32.1. The Morgan fingerprint density at radius 1 is 1.33 bits per heavy atom. The van der Waals surface area contributed by atoms with Crippen LogP contribution >= 0.6 is 11.3 Å². The SMILES string of the molecule is CCC1(C)CC2=c3c(N)c(C(N)=O)sc3=NC(N3CCOCC3)=C(CO1)C2. The number of hydrogen-bond acceptors (Lipinski definition) is 7. The smallest absolute Gasteiger partial charge is 0.260 e. The summed E-state index contributed by atoms with van der Waals surface area (Å²) in [6, 6.07) is 0. The average molecular weight is 391 g/mol. The van der Waals surface area contributed by atoms with Gasteiger partial charge in [0, 0.05) is 23.9 Å². The number of anilines is 1. The van der Waals surface area contributed by atoms with Gasteiger partial charge in [-0.15, -0.1) is 11.3 Å². The fourth-order valence-electron chi connectivity index (χ4n) is 3.96. The van der Waals surface area contributed by atoms with Gasteiger partial charge < -0.3 is 25.8 Å². The summed E-state index contributed by atoms with van der Waals surface area (Å²) in [5, 5.41) is 0.889. The minimum absolute atomic E-state index is 0.261. The van der Waals surface area contributed by atoms with E-state index in [-0.39, 0.29) is 5.60 Å². The molecule has 2 bridgehead atoms. The minimum atomic E-state index is -0.498. The maximum Gasteiger partial charge on any atom is 0.260 e. The Morgan fingerprint density at radius 3 is 2.74 bits per heavy atom. The quantitative estimate of drug-likeness (QED) is 0.792. The first-order valence-electron chi connectivity index (χ1n) is 9.39. The lowest BCUT2D eigenvalue weighted by Gasteiger charge is -2.31. The van der Waals surface area contributed by atoms with Crippen LogP contribution in [0, 0.1) is 0 Å². The number of thiophene rings is 1. The van der Waals surface area contributed by atoms with Crippen LogP contribution < -0.4 is 21.4 Å². The third kappa shape index (κ3) is 3.26. The fourth-order valence-corrected chi connectivity index (χ4v) is 4.96. The highest BCUT2D eigenvalue weighted by Crippen LogP contribution is 2.36. The Bertz CT molecular complexity index is 929. The molecule has 0 saturated carbocycles. The summed E-state index contributed by atoms with van der Waals surface area (Å²) in [5.74, 6) is 0.439. The van der Waals surface area contributed by atoms with E-state index < -0.39 is 5.91 Å². The second-order valence-electron chi connectivity index (χ2n) is 7.58. The molecule has 3 aliphatic rings. The lowest BCUT2D eigenvalue weighted by atomic mass is 9.91. The number of carbonyl (C=O) groups excluding carboxylic acids is 1. The molecule has 1 unspecified atom stereocenters. The molecule has 2 saturated heterocycles. The first kappa shape index (κ1) is 18.5. The van der Waals surface area contributed by atoms with E-state index in [2.05, 4.69) is 18.7 Å². The van der Waals surface area contributed by atoms with E-state index in [0.29, 0.717) is 30.4 Å². The van der Waals surface area contributed by atoms with Crippen LogP contribution in [0.1, 0.15) is 42.8 Å². The predicted molar refractivity (Wildman–Crippen MR) is 105 cm³/mol. The van der Waals surface area contributed by atoms with E-state index in [1.165, 1.54) is 22.5 Å². The number of nitrogens with two attached hydrogens (primary N) is 2. The van der Waals surface area contributed by atoms with Crippen molar-refractivity contribution in [2.24, 2.45) is 10.7 Å². The molecule has 0 radical (unpaired) electrons. The number of hydrogen-bond donors (Lipinski definition) is 2. The van der Waals surface area contributed by atoms with Gasteiger partial charge in [-0.25, -0.2) is 4.99 Å². The van der Waals surface area contributed by atoms with Crippen molar-refractivity contribution in [2.75, 3.05) is 38.6 Å². The zero-order valence-electron chi connectivity index (χ0n) is 15.8. The van der Waals surface area contributed by atoms with Crippen molar-refractivity contribution in [1.29, 1.82) is 0 Å². The first-order valence-corrected chi connectivity index (χ1v) is 10.2. The van der Waals surface area contributed by atoms with Crippen LogP contribution in [0.15, 0.2) is 16.4 Å². The van der Waals surface area contributed by atoms with Crippen LogP contribution in [0.4, 0.5) is 5.69 Å². The van der Waals surface area contributed by atoms with Crippen LogP contribution in [-0.2, 0) is 9.47 Å². The molecule has 146 valence electrons. The van der Waals surface area contributed by atoms with E-state index in [4.69, 9.17) is 25.9 Å². The van der Waals surface area contributed by atoms with Gasteiger partial charge in [-0.3, -0.25) is 4.79 Å². The van der Waals surface area contributed by atoms with E-state index in [0.717, 1.165) is 48.1 Å². The van der Waals surface area contributed by atoms with Crippen molar-refractivity contribution >= 4 is 28.5 Å². The standard InChI is InChI=1S/C19H26N4O3S/c1-3-19(2)9-11-8-12(10-26-19)17(23-4-6-25-7-5-23)22-18-13(11)14(20)15(27-18)16(21)24/h3-10,20H2,1-2H3,(H2,21,24). The van der Waals surface area contributed by atoms with Gasteiger partial charge in [0.2, 0.25) is 0 Å². The van der Waals surface area contributed by atoms with Gasteiger partial charge in [0.05, 0.1) is 31.1 Å². The van der Waals surface area contributed by atoms with Gasteiger partial charge in [0.15, 0.2) is 0 Å². The Hall–Kier alpha value is -1.90. The molecular weight excluding hydrogens is 364 g/mol. The summed E-state index contributed by atoms with van der Waals surface area (Å²) in [6.07, 6.45) is 2.43. The third-order valence-electron chi connectivity index (χ3n) is 5.70. The monoisotopic (exact) mass is 390 g/mol. The van der Waals surface area contributed by atoms with Crippen molar-refractivity contribution in [3.63, 3.8) is 0 Å². The largest absolute Gasteiger partial charge is 0.397 e. The molecule has 27 heavy (non-hydrogen) atoms. The maximum atomic E-state index is 11.9. The molecule has 4 N–H and O–H groups in total. The lowest BCUT2D eigenvalue weighted by molar-refractivity contribution is -0.0158. The third-order valence-corrected chi connectivity index (χ3v) is 6.81. The number of primary amides is 1. The van der Waals surface area contributed by atoms with Gasteiger partial charge in [-0.05, 0) is 26.2 Å². The number of fused-ring (bicyclic) bond motifs is 3. The van der Waals surface area contributed by atoms with Crippen molar-refractivity contribution in [2.45, 2.75) is 38.7 Å². The van der Waals surface area contributed by atoms with E-state index in [1.807, 2.05) is 0 Å². The number of morpholine rings is 1. The number of amides is 1. The highest BCUT2D eigenvalue weighted by molar-refractivity contribution is 7.12. The number of carbonyl (C=O) groups is 1. The minimum Gasteiger partial charge on any atom is -0.397 e. The summed E-state index contributed by atoms with van der Waals surface area (Å²) in [5.41, 5.74) is 14.5. The Morgan fingerprint density at radius 2 is 2.07 bits per heavy atom. The molecule has 0 aromatic carbocycles. The van der Waals surface area contributed by atoms with Crippen LogP contribution in [-0.4, -0.2) is 49.3 Å². The average Bonchev–Trinajstić information content (AvgIpc) is 2.80. The zero-order valence-corrected chi connectivity index (χ0v) is 16.7.